The minimum atomic E-state index is -0.340. The molecule has 2 N–H and O–H groups in total. The van der Waals surface area contributed by atoms with Gasteiger partial charge in [-0.3, -0.25) is 9.59 Å². The van der Waals surface area contributed by atoms with Crippen LogP contribution in [0.4, 0.5) is 11.4 Å². The Morgan fingerprint density at radius 3 is 2.38 bits per heavy atom. The van der Waals surface area contributed by atoms with E-state index in [9.17, 15) is 9.59 Å². The number of hydrogen-bond acceptors (Lipinski definition) is 5. The summed E-state index contributed by atoms with van der Waals surface area (Å²) in [6.45, 7) is 3.83. The lowest BCUT2D eigenvalue weighted by Crippen LogP contribution is -2.24. The number of amides is 2. The van der Waals surface area contributed by atoms with E-state index >= 15 is 0 Å². The van der Waals surface area contributed by atoms with Crippen molar-refractivity contribution in [3.05, 3.63) is 76.8 Å². The van der Waals surface area contributed by atoms with Crippen molar-refractivity contribution in [3.8, 4) is 11.5 Å². The Labute approximate surface area is 209 Å². The molecule has 0 aliphatic carbocycles. The van der Waals surface area contributed by atoms with Gasteiger partial charge in [-0.2, -0.15) is 0 Å². The van der Waals surface area contributed by atoms with Crippen molar-refractivity contribution >= 4 is 46.6 Å². The number of hydrogen-bond donors (Lipinski definition) is 2. The van der Waals surface area contributed by atoms with Crippen molar-refractivity contribution in [3.63, 3.8) is 0 Å². The lowest BCUT2D eigenvalue weighted by molar-refractivity contribution is -0.115. The van der Waals surface area contributed by atoms with Crippen LogP contribution in [0.2, 0.25) is 5.02 Å². The number of aryl methyl sites for hydroxylation is 1. The Bertz CT molecular complexity index is 1170. The fourth-order valence-electron chi connectivity index (χ4n) is 3.22. The number of thioether (sulfide) groups is 1. The minimum absolute atomic E-state index is 0.139. The topological polar surface area (TPSA) is 76.7 Å². The van der Waals surface area contributed by atoms with Crippen LogP contribution in [0.5, 0.6) is 11.5 Å². The van der Waals surface area contributed by atoms with E-state index in [1.807, 2.05) is 38.1 Å². The summed E-state index contributed by atoms with van der Waals surface area (Å²) in [5.74, 6) is 0.831. The van der Waals surface area contributed by atoms with E-state index < -0.39 is 0 Å². The zero-order valence-corrected chi connectivity index (χ0v) is 21.0. The van der Waals surface area contributed by atoms with Gasteiger partial charge in [-0.25, -0.2) is 0 Å². The molecule has 1 atom stereocenters. The summed E-state index contributed by atoms with van der Waals surface area (Å²) in [5.41, 5.74) is 2.60. The van der Waals surface area contributed by atoms with Crippen molar-refractivity contribution in [2.45, 2.75) is 30.4 Å². The standard InChI is InChI=1S/C26H27ClN2O4S/c1-5-24(26(31)29-22-13-16(2)21(27)15-23(22)33-4)34-20-8-6-7-18(14-20)28-25(30)17-9-11-19(32-3)12-10-17/h6-15,24H,5H2,1-4H3,(H,28,30)(H,29,31). The number of nitrogens with one attached hydrogen (secondary N) is 2. The molecule has 178 valence electrons. The molecule has 0 bridgehead atoms. The predicted octanol–water partition coefficient (Wildman–Crippen LogP) is 6.43. The fraction of sp³-hybridized carbons (Fsp3) is 0.231. The van der Waals surface area contributed by atoms with Crippen LogP contribution in [-0.4, -0.2) is 31.3 Å². The first-order valence-electron chi connectivity index (χ1n) is 10.7. The summed E-state index contributed by atoms with van der Waals surface area (Å²) in [5, 5.41) is 6.09. The first-order valence-corrected chi connectivity index (χ1v) is 12.0. The van der Waals surface area contributed by atoms with Crippen LogP contribution in [-0.2, 0) is 4.79 Å². The third kappa shape index (κ3) is 6.46. The van der Waals surface area contributed by atoms with E-state index in [0.717, 1.165) is 10.5 Å². The molecular weight excluding hydrogens is 472 g/mol. The van der Waals surface area contributed by atoms with Gasteiger partial charge in [0.2, 0.25) is 5.91 Å². The molecule has 1 unspecified atom stereocenters. The molecule has 0 saturated heterocycles. The summed E-state index contributed by atoms with van der Waals surface area (Å²) in [4.78, 5) is 26.5. The van der Waals surface area contributed by atoms with Crippen LogP contribution in [0, 0.1) is 6.92 Å². The second-order valence-corrected chi connectivity index (χ2v) is 9.20. The molecule has 3 aromatic rings. The molecule has 0 fully saturated rings. The van der Waals surface area contributed by atoms with Gasteiger partial charge in [0.1, 0.15) is 11.5 Å². The average Bonchev–Trinajstić information content (AvgIpc) is 2.84. The first-order chi connectivity index (χ1) is 16.3. The highest BCUT2D eigenvalue weighted by atomic mass is 35.5. The maximum atomic E-state index is 13.0. The maximum Gasteiger partial charge on any atom is 0.255 e. The molecule has 6 nitrogen and oxygen atoms in total. The van der Waals surface area contributed by atoms with E-state index in [1.165, 1.54) is 18.9 Å². The Kier molecular flexibility index (Phi) is 8.85. The third-order valence-electron chi connectivity index (χ3n) is 5.12. The number of ether oxygens (including phenoxy) is 2. The van der Waals surface area contributed by atoms with Crippen LogP contribution in [0.15, 0.2) is 65.6 Å². The van der Waals surface area contributed by atoms with Crippen LogP contribution in [0.3, 0.4) is 0 Å². The summed E-state index contributed by atoms with van der Waals surface area (Å²) in [7, 11) is 3.11. The quantitative estimate of drug-likeness (QED) is 0.332. The van der Waals surface area contributed by atoms with Gasteiger partial charge >= 0.3 is 0 Å². The zero-order chi connectivity index (χ0) is 24.7. The summed E-state index contributed by atoms with van der Waals surface area (Å²) >= 11 is 7.60. The monoisotopic (exact) mass is 498 g/mol. The third-order valence-corrected chi connectivity index (χ3v) is 6.89. The molecular formula is C26H27ClN2O4S. The summed E-state index contributed by atoms with van der Waals surface area (Å²) < 4.78 is 10.5. The highest BCUT2D eigenvalue weighted by Gasteiger charge is 2.20. The molecule has 0 spiro atoms. The van der Waals surface area contributed by atoms with Crippen LogP contribution >= 0.6 is 23.4 Å². The van der Waals surface area contributed by atoms with Gasteiger partial charge in [0.25, 0.3) is 5.91 Å². The highest BCUT2D eigenvalue weighted by molar-refractivity contribution is 8.00. The van der Waals surface area contributed by atoms with Gasteiger partial charge in [0, 0.05) is 27.2 Å². The fourth-order valence-corrected chi connectivity index (χ4v) is 4.39. The lowest BCUT2D eigenvalue weighted by atomic mass is 10.2. The van der Waals surface area contributed by atoms with Gasteiger partial charge in [0.05, 0.1) is 25.2 Å². The second-order valence-electron chi connectivity index (χ2n) is 7.52. The van der Waals surface area contributed by atoms with Gasteiger partial charge in [-0.05, 0) is 67.4 Å². The number of halogens is 1. The summed E-state index contributed by atoms with van der Waals surface area (Å²) in [6.07, 6.45) is 0.619. The van der Waals surface area contributed by atoms with E-state index in [0.29, 0.717) is 39.9 Å². The van der Waals surface area contributed by atoms with E-state index in [1.54, 1.807) is 43.5 Å². The van der Waals surface area contributed by atoms with E-state index in [-0.39, 0.29) is 17.1 Å². The smallest absolute Gasteiger partial charge is 0.255 e. The van der Waals surface area contributed by atoms with Crippen LogP contribution in [0.25, 0.3) is 0 Å². The van der Waals surface area contributed by atoms with Crippen LogP contribution in [0.1, 0.15) is 29.3 Å². The molecule has 0 radical (unpaired) electrons. The van der Waals surface area contributed by atoms with Crippen molar-refractivity contribution in [1.82, 2.24) is 0 Å². The SMILES string of the molecule is CCC(Sc1cccc(NC(=O)c2ccc(OC)cc2)c1)C(=O)Nc1cc(C)c(Cl)cc1OC. The lowest BCUT2D eigenvalue weighted by Gasteiger charge is -2.17. The number of anilines is 2. The van der Waals surface area contributed by atoms with E-state index in [2.05, 4.69) is 10.6 Å². The number of carbonyl (C=O) groups is 2. The first kappa shape index (κ1) is 25.5. The van der Waals surface area contributed by atoms with Crippen LogP contribution < -0.4 is 20.1 Å². The minimum Gasteiger partial charge on any atom is -0.497 e. The molecule has 34 heavy (non-hydrogen) atoms. The van der Waals surface area contributed by atoms with Crippen molar-refractivity contribution in [2.24, 2.45) is 0 Å². The molecule has 0 heterocycles. The molecule has 0 saturated carbocycles. The highest BCUT2D eigenvalue weighted by Crippen LogP contribution is 2.33. The number of rotatable bonds is 9. The largest absolute Gasteiger partial charge is 0.497 e. The molecule has 2 amide bonds. The number of benzene rings is 3. The van der Waals surface area contributed by atoms with Crippen molar-refractivity contribution in [1.29, 1.82) is 0 Å². The average molecular weight is 499 g/mol. The van der Waals surface area contributed by atoms with Gasteiger partial charge < -0.3 is 20.1 Å². The molecule has 3 rings (SSSR count). The Morgan fingerprint density at radius 1 is 1.00 bits per heavy atom. The Morgan fingerprint density at radius 2 is 1.74 bits per heavy atom. The van der Waals surface area contributed by atoms with Gasteiger partial charge in [0.15, 0.2) is 0 Å². The molecule has 8 heteroatoms. The van der Waals surface area contributed by atoms with Crippen molar-refractivity contribution in [2.75, 3.05) is 24.9 Å². The summed E-state index contributed by atoms with van der Waals surface area (Å²) in [6, 6.07) is 17.8. The zero-order valence-electron chi connectivity index (χ0n) is 19.5. The van der Waals surface area contributed by atoms with Crippen molar-refractivity contribution < 1.29 is 19.1 Å². The Hall–Kier alpha value is -3.16. The molecule has 3 aromatic carbocycles. The molecule has 0 aromatic heterocycles. The Balaban J connectivity index is 1.69. The number of methoxy groups -OCH3 is 2. The van der Waals surface area contributed by atoms with E-state index in [4.69, 9.17) is 21.1 Å². The maximum absolute atomic E-state index is 13.0. The van der Waals surface area contributed by atoms with Gasteiger partial charge in [-0.15, -0.1) is 11.8 Å². The van der Waals surface area contributed by atoms with Gasteiger partial charge in [-0.1, -0.05) is 24.6 Å². The predicted molar refractivity (Wildman–Crippen MR) is 139 cm³/mol. The second kappa shape index (κ2) is 11.8. The number of carbonyl (C=O) groups excluding carboxylic acids is 2. The normalized spacial score (nSPS) is 11.4. The molecule has 0 aliphatic rings. The molecule has 0 aliphatic heterocycles.